The Morgan fingerprint density at radius 3 is 2.35 bits per heavy atom. The molecule has 3 amide bonds. The Hall–Kier alpha value is -5.02. The summed E-state index contributed by atoms with van der Waals surface area (Å²) in [6.07, 6.45) is 4.35. The number of rotatable bonds is 7. The van der Waals surface area contributed by atoms with Crippen LogP contribution in [0.3, 0.4) is 0 Å². The summed E-state index contributed by atoms with van der Waals surface area (Å²) < 4.78 is 15.3. The number of phenols is 1. The number of aromatic hydroxyl groups is 1. The number of anilines is 1. The van der Waals surface area contributed by atoms with Crippen LogP contribution in [0, 0.1) is 5.82 Å². The zero-order chi connectivity index (χ0) is 35.2. The van der Waals surface area contributed by atoms with Gasteiger partial charge in [-0.25, -0.2) is 4.39 Å². The minimum absolute atomic E-state index is 0.0352. The van der Waals surface area contributed by atoms with Gasteiger partial charge in [0, 0.05) is 50.2 Å². The van der Waals surface area contributed by atoms with Crippen LogP contribution >= 0.6 is 0 Å². The molecule has 8 nitrogen and oxygen atoms in total. The summed E-state index contributed by atoms with van der Waals surface area (Å²) in [5, 5.41) is 12.5. The number of nitrogens with zero attached hydrogens (tertiary/aromatic N) is 3. The maximum Gasteiger partial charge on any atom is 0.258 e. The van der Waals surface area contributed by atoms with Gasteiger partial charge in [0.05, 0.1) is 5.56 Å². The Kier molecular flexibility index (Phi) is 8.84. The fraction of sp³-hybridized carbons (Fsp3) is 0.357. The van der Waals surface area contributed by atoms with Gasteiger partial charge in [0.2, 0.25) is 11.8 Å². The topological polar surface area (TPSA) is 93.2 Å². The summed E-state index contributed by atoms with van der Waals surface area (Å²) in [5.74, 6) is -0.983. The van der Waals surface area contributed by atoms with Crippen molar-refractivity contribution in [1.82, 2.24) is 15.1 Å². The molecule has 3 atom stereocenters. The van der Waals surface area contributed by atoms with Crippen molar-refractivity contribution in [3.05, 3.63) is 130 Å². The van der Waals surface area contributed by atoms with Crippen LogP contribution in [0.5, 0.6) is 5.75 Å². The molecule has 0 radical (unpaired) electrons. The fourth-order valence-electron chi connectivity index (χ4n) is 8.96. The average molecular weight is 687 g/mol. The predicted molar refractivity (Wildman–Crippen MR) is 193 cm³/mol. The summed E-state index contributed by atoms with van der Waals surface area (Å²) in [5.41, 5.74) is 7.81. The number of piperidine rings is 2. The lowest BCUT2D eigenvalue weighted by Gasteiger charge is -2.38. The van der Waals surface area contributed by atoms with Crippen molar-refractivity contribution in [2.24, 2.45) is 0 Å². The van der Waals surface area contributed by atoms with Crippen LogP contribution in [0.4, 0.5) is 10.1 Å². The lowest BCUT2D eigenvalue weighted by Crippen LogP contribution is -2.52. The number of fused-ring (bicyclic) bond motifs is 2. The van der Waals surface area contributed by atoms with Crippen LogP contribution in [0.1, 0.15) is 87.7 Å². The number of carbonyl (C=O) groups is 3. The minimum Gasteiger partial charge on any atom is -0.508 e. The zero-order valence-corrected chi connectivity index (χ0v) is 28.9. The number of aryl methyl sites for hydroxylation is 1. The second kappa shape index (κ2) is 13.6. The molecule has 262 valence electrons. The first-order valence-electron chi connectivity index (χ1n) is 18.1. The van der Waals surface area contributed by atoms with E-state index >= 15 is 4.39 Å². The Morgan fingerprint density at radius 1 is 0.843 bits per heavy atom. The van der Waals surface area contributed by atoms with Gasteiger partial charge >= 0.3 is 0 Å². The molecule has 2 N–H and O–H groups in total. The van der Waals surface area contributed by atoms with Gasteiger partial charge in [0.1, 0.15) is 17.6 Å². The van der Waals surface area contributed by atoms with E-state index < -0.39 is 23.7 Å². The van der Waals surface area contributed by atoms with Crippen LogP contribution < -0.4 is 10.2 Å². The fourth-order valence-corrected chi connectivity index (χ4v) is 8.96. The third-order valence-electron chi connectivity index (χ3n) is 11.6. The Balaban J connectivity index is 0.915. The second-order valence-corrected chi connectivity index (χ2v) is 14.7. The molecule has 0 aromatic heterocycles. The maximum absolute atomic E-state index is 15.3. The number of nitrogens with one attached hydrogen (secondary N) is 1. The Morgan fingerprint density at radius 2 is 1.61 bits per heavy atom. The van der Waals surface area contributed by atoms with E-state index in [9.17, 15) is 19.5 Å². The summed E-state index contributed by atoms with van der Waals surface area (Å²) in [4.78, 5) is 43.3. The molecule has 3 aliphatic heterocycles. The van der Waals surface area contributed by atoms with Gasteiger partial charge in [-0.3, -0.25) is 24.6 Å². The number of carbonyl (C=O) groups excluding carboxylic acids is 3. The van der Waals surface area contributed by atoms with E-state index in [1.807, 2.05) is 18.2 Å². The molecular weight excluding hydrogens is 643 g/mol. The zero-order valence-electron chi connectivity index (χ0n) is 28.9. The smallest absolute Gasteiger partial charge is 0.258 e. The van der Waals surface area contributed by atoms with Gasteiger partial charge in [-0.05, 0) is 109 Å². The summed E-state index contributed by atoms with van der Waals surface area (Å²) in [6.45, 7) is 2.55. The maximum atomic E-state index is 15.3. The second-order valence-electron chi connectivity index (χ2n) is 14.7. The van der Waals surface area contributed by atoms with Crippen LogP contribution in [-0.4, -0.2) is 64.8 Å². The number of imide groups is 1. The van der Waals surface area contributed by atoms with Crippen molar-refractivity contribution in [1.29, 1.82) is 0 Å². The first-order chi connectivity index (χ1) is 24.7. The number of phenolic OH excluding ortho intramolecular Hbond substituents is 1. The summed E-state index contributed by atoms with van der Waals surface area (Å²) in [7, 11) is 2.08. The third kappa shape index (κ3) is 6.40. The van der Waals surface area contributed by atoms with Crippen molar-refractivity contribution >= 4 is 23.4 Å². The average Bonchev–Trinajstić information content (AvgIpc) is 3.47. The lowest BCUT2D eigenvalue weighted by atomic mass is 9.69. The van der Waals surface area contributed by atoms with Gasteiger partial charge in [-0.15, -0.1) is 0 Å². The molecule has 1 unspecified atom stereocenters. The number of amides is 3. The van der Waals surface area contributed by atoms with Crippen LogP contribution in [-0.2, 0) is 29.1 Å². The Bertz CT molecular complexity index is 1980. The normalized spacial score (nSPS) is 22.3. The van der Waals surface area contributed by atoms with Crippen LogP contribution in [0.2, 0.25) is 0 Å². The van der Waals surface area contributed by atoms with E-state index in [1.165, 1.54) is 38.9 Å². The molecule has 51 heavy (non-hydrogen) atoms. The quantitative estimate of drug-likeness (QED) is 0.223. The molecule has 2 saturated heterocycles. The summed E-state index contributed by atoms with van der Waals surface area (Å²) >= 11 is 0. The first-order valence-corrected chi connectivity index (χ1v) is 18.1. The highest BCUT2D eigenvalue weighted by Gasteiger charge is 2.41. The predicted octanol–water partition coefficient (Wildman–Crippen LogP) is 6.26. The molecular formula is C42H43FN4O4. The van der Waals surface area contributed by atoms with Gasteiger partial charge in [0.15, 0.2) is 0 Å². The molecule has 0 saturated carbocycles. The number of halogens is 1. The highest BCUT2D eigenvalue weighted by molar-refractivity contribution is 6.05. The van der Waals surface area contributed by atoms with Gasteiger partial charge in [-0.2, -0.15) is 0 Å². The van der Waals surface area contributed by atoms with Crippen molar-refractivity contribution in [2.75, 3.05) is 25.0 Å². The molecule has 8 rings (SSSR count). The molecule has 0 spiro atoms. The van der Waals surface area contributed by atoms with E-state index in [0.717, 1.165) is 44.3 Å². The van der Waals surface area contributed by atoms with E-state index in [2.05, 4.69) is 82.8 Å². The molecule has 1 aliphatic carbocycles. The van der Waals surface area contributed by atoms with E-state index in [1.54, 1.807) is 0 Å². The number of benzene rings is 4. The lowest BCUT2D eigenvalue weighted by molar-refractivity contribution is -0.136. The SMILES string of the molecule is CN(Cc1cc(F)c2c(c1)CN(C1CCC(=O)NC1=O)C2=O)C1CCN(c2ccc([C@@H]3c4ccc(O)cc4CC[C@@H]3c3ccccc3)cc2)CC1. The van der Waals surface area contributed by atoms with Crippen LogP contribution in [0.25, 0.3) is 0 Å². The highest BCUT2D eigenvalue weighted by Crippen LogP contribution is 2.47. The van der Waals surface area contributed by atoms with Crippen molar-refractivity contribution in [2.45, 2.75) is 75.5 Å². The number of hydrogen-bond acceptors (Lipinski definition) is 6. The number of hydrogen-bond donors (Lipinski definition) is 2. The molecule has 2 fully saturated rings. The summed E-state index contributed by atoms with van der Waals surface area (Å²) in [6, 6.07) is 28.6. The van der Waals surface area contributed by atoms with Gasteiger partial charge in [0.25, 0.3) is 5.91 Å². The molecule has 4 aromatic carbocycles. The minimum atomic E-state index is -0.764. The van der Waals surface area contributed by atoms with E-state index in [-0.39, 0.29) is 36.8 Å². The monoisotopic (exact) mass is 686 g/mol. The van der Waals surface area contributed by atoms with E-state index in [0.29, 0.717) is 29.8 Å². The first kappa shape index (κ1) is 33.1. The van der Waals surface area contributed by atoms with Crippen LogP contribution in [0.15, 0.2) is 84.9 Å². The molecule has 0 bridgehead atoms. The van der Waals surface area contributed by atoms with Gasteiger partial charge in [-0.1, -0.05) is 54.6 Å². The van der Waals surface area contributed by atoms with Crippen molar-refractivity contribution < 1.29 is 23.9 Å². The highest BCUT2D eigenvalue weighted by atomic mass is 19.1. The van der Waals surface area contributed by atoms with Crippen molar-refractivity contribution in [3.8, 4) is 5.75 Å². The molecule has 3 heterocycles. The molecule has 4 aliphatic rings. The third-order valence-corrected chi connectivity index (χ3v) is 11.6. The largest absolute Gasteiger partial charge is 0.508 e. The molecule has 9 heteroatoms. The Labute approximate surface area is 297 Å². The molecule has 4 aromatic rings. The van der Waals surface area contributed by atoms with E-state index in [4.69, 9.17) is 0 Å². The van der Waals surface area contributed by atoms with Gasteiger partial charge < -0.3 is 14.9 Å². The van der Waals surface area contributed by atoms with Crippen molar-refractivity contribution in [3.63, 3.8) is 0 Å². The standard InChI is InChI=1S/C42H43FN4O4/c1-45(24-26-21-30-25-47(42(51)40(30)36(43)22-26)37-15-16-38(49)44-41(37)50)31-17-19-46(20-18-31)32-10-7-28(8-11-32)39-34(27-5-3-2-4-6-27)13-9-29-23-33(48)12-14-35(29)39/h2-8,10-12,14,21-23,31,34,37,39,48H,9,13,15-20,24-25H2,1H3,(H,44,49,50)/t34-,37?,39+/m1/s1.